The normalized spacial score (nSPS) is 11.7. The molecule has 7 nitrogen and oxygen atoms in total. The molecule has 10 heteroatoms. The quantitative estimate of drug-likeness (QED) is 0.365. The summed E-state index contributed by atoms with van der Waals surface area (Å²) in [6.07, 6.45) is 2.51. The maximum atomic E-state index is 13.8. The van der Waals surface area contributed by atoms with Crippen LogP contribution in [0, 0.1) is 5.82 Å². The third-order valence-electron chi connectivity index (χ3n) is 4.92. The summed E-state index contributed by atoms with van der Waals surface area (Å²) in [5.74, 6) is -1.53. The SMILES string of the molecule is CCCCCS(=O)c1cc(F)ccc1NCc1ccc(C(=O)Nc2nc(CC(=O)[O-])cs2)cc1. The topological polar surface area (TPSA) is 111 Å². The van der Waals surface area contributed by atoms with Crippen molar-refractivity contribution >= 4 is 44.8 Å². The van der Waals surface area contributed by atoms with E-state index in [9.17, 15) is 23.3 Å². The minimum Gasteiger partial charge on any atom is -0.550 e. The summed E-state index contributed by atoms with van der Waals surface area (Å²) in [7, 11) is -1.29. The van der Waals surface area contributed by atoms with Crippen LogP contribution in [0.25, 0.3) is 0 Å². The first kappa shape index (κ1) is 25.5. The largest absolute Gasteiger partial charge is 0.550 e. The maximum absolute atomic E-state index is 13.8. The summed E-state index contributed by atoms with van der Waals surface area (Å²) in [6.45, 7) is 2.48. The molecule has 34 heavy (non-hydrogen) atoms. The van der Waals surface area contributed by atoms with Crippen molar-refractivity contribution in [3.05, 3.63) is 70.5 Å². The van der Waals surface area contributed by atoms with Crippen molar-refractivity contribution in [2.75, 3.05) is 16.4 Å². The van der Waals surface area contributed by atoms with Gasteiger partial charge in [0.05, 0.1) is 27.1 Å². The van der Waals surface area contributed by atoms with Gasteiger partial charge in [0.25, 0.3) is 5.91 Å². The predicted octanol–water partition coefficient (Wildman–Crippen LogP) is 3.74. The van der Waals surface area contributed by atoms with Gasteiger partial charge >= 0.3 is 0 Å². The van der Waals surface area contributed by atoms with Crippen LogP contribution in [0.5, 0.6) is 0 Å². The molecular weight excluding hydrogens is 477 g/mol. The second-order valence-corrected chi connectivity index (χ2v) is 9.99. The molecule has 1 atom stereocenters. The van der Waals surface area contributed by atoms with Crippen LogP contribution in [0.1, 0.15) is 47.8 Å². The zero-order chi connectivity index (χ0) is 24.5. The van der Waals surface area contributed by atoms with E-state index in [0.717, 1.165) is 36.2 Å². The van der Waals surface area contributed by atoms with Crippen molar-refractivity contribution in [1.29, 1.82) is 0 Å². The van der Waals surface area contributed by atoms with E-state index in [1.807, 2.05) is 0 Å². The van der Waals surface area contributed by atoms with Crippen LogP contribution in [-0.2, 0) is 28.6 Å². The van der Waals surface area contributed by atoms with E-state index >= 15 is 0 Å². The van der Waals surface area contributed by atoms with Crippen molar-refractivity contribution in [1.82, 2.24) is 4.98 Å². The predicted molar refractivity (Wildman–Crippen MR) is 130 cm³/mol. The highest BCUT2D eigenvalue weighted by molar-refractivity contribution is 7.85. The van der Waals surface area contributed by atoms with Crippen molar-refractivity contribution in [3.8, 4) is 0 Å². The Morgan fingerprint density at radius 3 is 2.62 bits per heavy atom. The number of amides is 1. The molecule has 2 aromatic carbocycles. The van der Waals surface area contributed by atoms with Gasteiger partial charge in [0.15, 0.2) is 5.13 Å². The number of nitrogens with one attached hydrogen (secondary N) is 2. The highest BCUT2D eigenvalue weighted by Gasteiger charge is 2.12. The lowest BCUT2D eigenvalue weighted by molar-refractivity contribution is -0.304. The number of rotatable bonds is 12. The molecule has 1 unspecified atom stereocenters. The van der Waals surface area contributed by atoms with Crippen LogP contribution in [-0.4, -0.2) is 26.8 Å². The van der Waals surface area contributed by atoms with Gasteiger partial charge in [-0.25, -0.2) is 9.37 Å². The summed E-state index contributed by atoms with van der Waals surface area (Å²) >= 11 is 1.14. The minimum atomic E-state index is -1.29. The summed E-state index contributed by atoms with van der Waals surface area (Å²) < 4.78 is 26.4. The number of unbranched alkanes of at least 4 members (excludes halogenated alkanes) is 2. The van der Waals surface area contributed by atoms with Crippen LogP contribution in [0.2, 0.25) is 0 Å². The van der Waals surface area contributed by atoms with Crippen LogP contribution in [0.15, 0.2) is 52.7 Å². The number of halogens is 1. The van der Waals surface area contributed by atoms with Gasteiger partial charge in [-0.3, -0.25) is 14.3 Å². The molecule has 0 aliphatic carbocycles. The number of hydrogen-bond acceptors (Lipinski definition) is 7. The van der Waals surface area contributed by atoms with Gasteiger partial charge in [-0.1, -0.05) is 31.9 Å². The van der Waals surface area contributed by atoms with Crippen molar-refractivity contribution in [2.45, 2.75) is 44.0 Å². The van der Waals surface area contributed by atoms with Crippen molar-refractivity contribution < 1.29 is 23.3 Å². The Kier molecular flexibility index (Phi) is 9.29. The molecule has 2 N–H and O–H groups in total. The first-order valence-corrected chi connectivity index (χ1v) is 13.0. The Hall–Kier alpha value is -3.11. The fourth-order valence-corrected chi connectivity index (χ4v) is 5.18. The molecule has 0 saturated carbocycles. The number of carboxylic acid groups (broad SMARTS) is 1. The molecule has 0 aliphatic rings. The molecule has 1 heterocycles. The van der Waals surface area contributed by atoms with Crippen LogP contribution in [0.4, 0.5) is 15.2 Å². The van der Waals surface area contributed by atoms with E-state index in [0.29, 0.717) is 39.3 Å². The zero-order valence-corrected chi connectivity index (χ0v) is 20.3. The number of carbonyl (C=O) groups excluding carboxylic acids is 2. The fraction of sp³-hybridized carbons (Fsp3) is 0.292. The first-order chi connectivity index (χ1) is 16.4. The molecule has 0 spiro atoms. The number of anilines is 2. The summed E-state index contributed by atoms with van der Waals surface area (Å²) in [5.41, 5.74) is 2.25. The summed E-state index contributed by atoms with van der Waals surface area (Å²) in [6, 6.07) is 11.1. The van der Waals surface area contributed by atoms with E-state index in [1.165, 1.54) is 12.1 Å². The highest BCUT2D eigenvalue weighted by atomic mass is 32.2. The second kappa shape index (κ2) is 12.4. The average molecular weight is 503 g/mol. The van der Waals surface area contributed by atoms with Gasteiger partial charge in [0.2, 0.25) is 0 Å². The van der Waals surface area contributed by atoms with Crippen molar-refractivity contribution in [3.63, 3.8) is 0 Å². The zero-order valence-electron chi connectivity index (χ0n) is 18.6. The molecule has 0 bridgehead atoms. The number of aromatic nitrogens is 1. The first-order valence-electron chi connectivity index (χ1n) is 10.8. The average Bonchev–Trinajstić information content (AvgIpc) is 3.24. The molecule has 180 valence electrons. The van der Waals surface area contributed by atoms with Crippen LogP contribution in [0.3, 0.4) is 0 Å². The second-order valence-electron chi connectivity index (χ2n) is 7.59. The lowest BCUT2D eigenvalue weighted by Crippen LogP contribution is -2.24. The number of thiazole rings is 1. The number of benzene rings is 2. The lowest BCUT2D eigenvalue weighted by Gasteiger charge is -2.12. The molecule has 3 rings (SSSR count). The van der Waals surface area contributed by atoms with E-state index in [4.69, 9.17) is 0 Å². The van der Waals surface area contributed by atoms with Gasteiger partial charge in [-0.05, 0) is 42.3 Å². The Bertz CT molecular complexity index is 1170. The van der Waals surface area contributed by atoms with Gasteiger partial charge in [-0.2, -0.15) is 0 Å². The summed E-state index contributed by atoms with van der Waals surface area (Å²) in [4.78, 5) is 27.6. The minimum absolute atomic E-state index is 0.308. The maximum Gasteiger partial charge on any atom is 0.257 e. The van der Waals surface area contributed by atoms with Crippen molar-refractivity contribution in [2.24, 2.45) is 0 Å². The standard InChI is InChI=1S/C24H26FN3O4S2/c1-2-3-4-11-34(32)21-12-18(25)9-10-20(21)26-14-16-5-7-17(8-6-16)23(31)28-24-27-19(15-33-24)13-22(29)30/h5-10,12,15,26H,2-4,11,13-14H2,1H3,(H,29,30)(H,27,28,31)/p-1. The molecular formula is C24H25FN3O4S2-. The molecule has 3 aromatic rings. The summed E-state index contributed by atoms with van der Waals surface area (Å²) in [5, 5.41) is 18.4. The Morgan fingerprint density at radius 2 is 1.91 bits per heavy atom. The lowest BCUT2D eigenvalue weighted by atomic mass is 10.1. The van der Waals surface area contributed by atoms with Crippen LogP contribution < -0.4 is 15.7 Å². The molecule has 1 amide bonds. The number of aliphatic carboxylic acids is 1. The Labute approximate surface area is 203 Å². The molecule has 0 fully saturated rings. The number of carboxylic acids is 1. The molecule has 0 radical (unpaired) electrons. The third kappa shape index (κ3) is 7.46. The van der Waals surface area contributed by atoms with Gasteiger partial charge < -0.3 is 15.2 Å². The molecule has 1 aromatic heterocycles. The highest BCUT2D eigenvalue weighted by Crippen LogP contribution is 2.23. The van der Waals surface area contributed by atoms with Crippen LogP contribution >= 0.6 is 11.3 Å². The Balaban J connectivity index is 1.60. The number of nitrogens with zero attached hydrogens (tertiary/aromatic N) is 1. The fourth-order valence-electron chi connectivity index (χ4n) is 3.16. The number of hydrogen-bond donors (Lipinski definition) is 2. The molecule has 0 aliphatic heterocycles. The third-order valence-corrected chi connectivity index (χ3v) is 7.21. The van der Waals surface area contributed by atoms with Gasteiger partial charge in [0, 0.05) is 35.6 Å². The van der Waals surface area contributed by atoms with E-state index < -0.39 is 22.6 Å². The van der Waals surface area contributed by atoms with E-state index in [2.05, 4.69) is 22.5 Å². The number of carbonyl (C=O) groups is 2. The molecule has 0 saturated heterocycles. The van der Waals surface area contributed by atoms with Gasteiger partial charge in [-0.15, -0.1) is 11.3 Å². The van der Waals surface area contributed by atoms with Gasteiger partial charge in [0.1, 0.15) is 5.82 Å². The monoisotopic (exact) mass is 502 g/mol. The smallest absolute Gasteiger partial charge is 0.257 e. The Morgan fingerprint density at radius 1 is 1.15 bits per heavy atom. The van der Waals surface area contributed by atoms with E-state index in [1.54, 1.807) is 35.7 Å². The van der Waals surface area contributed by atoms with E-state index in [-0.39, 0.29) is 12.3 Å².